The number of ether oxygens (including phenoxy) is 1. The zero-order chi connectivity index (χ0) is 22.3. The average molecular weight is 508 g/mol. The molecule has 0 N–H and O–H groups in total. The van der Waals surface area contributed by atoms with Gasteiger partial charge in [-0.25, -0.2) is 0 Å². The molecular weight excluding hydrogens is 486 g/mol. The number of halogens is 1. The highest BCUT2D eigenvalue weighted by molar-refractivity contribution is 9.10. The van der Waals surface area contributed by atoms with Gasteiger partial charge in [-0.1, -0.05) is 66.7 Å². The quantitative estimate of drug-likeness (QED) is 0.318. The number of benzene rings is 3. The molecule has 0 radical (unpaired) electrons. The third kappa shape index (κ3) is 5.69. The second-order valence-electron chi connectivity index (χ2n) is 7.39. The van der Waals surface area contributed by atoms with Crippen LogP contribution in [0.1, 0.15) is 23.1 Å². The maximum atomic E-state index is 12.8. The summed E-state index contributed by atoms with van der Waals surface area (Å²) in [4.78, 5) is 26.9. The van der Waals surface area contributed by atoms with E-state index in [4.69, 9.17) is 4.74 Å². The van der Waals surface area contributed by atoms with Crippen molar-refractivity contribution < 1.29 is 14.3 Å². The van der Waals surface area contributed by atoms with E-state index in [9.17, 15) is 9.59 Å². The molecule has 4 rings (SSSR count). The second-order valence-corrected chi connectivity index (χ2v) is 9.23. The van der Waals surface area contributed by atoms with E-state index in [1.165, 1.54) is 10.5 Å². The summed E-state index contributed by atoms with van der Waals surface area (Å²) in [5.41, 5.74) is 3.12. The molecule has 4 nitrogen and oxygen atoms in total. The second kappa shape index (κ2) is 10.7. The number of thioether (sulfide) groups is 1. The Morgan fingerprint density at radius 2 is 1.59 bits per heavy atom. The zero-order valence-electron chi connectivity index (χ0n) is 17.4. The zero-order valence-corrected chi connectivity index (χ0v) is 19.8. The summed E-state index contributed by atoms with van der Waals surface area (Å²) in [7, 11) is 0. The molecule has 1 aliphatic heterocycles. The first-order valence-electron chi connectivity index (χ1n) is 10.4. The highest BCUT2D eigenvalue weighted by Gasteiger charge is 2.34. The molecule has 0 spiro atoms. The number of hydrogen-bond donors (Lipinski definition) is 0. The molecule has 3 aromatic carbocycles. The minimum Gasteiger partial charge on any atom is -0.488 e. The van der Waals surface area contributed by atoms with Gasteiger partial charge >= 0.3 is 0 Å². The number of hydrogen-bond acceptors (Lipinski definition) is 4. The highest BCUT2D eigenvalue weighted by Crippen LogP contribution is 2.34. The third-order valence-corrected chi connectivity index (χ3v) is 6.58. The third-order valence-electron chi connectivity index (χ3n) is 5.05. The van der Waals surface area contributed by atoms with Gasteiger partial charge in [-0.2, -0.15) is 0 Å². The lowest BCUT2D eigenvalue weighted by Crippen LogP contribution is -2.29. The van der Waals surface area contributed by atoms with Gasteiger partial charge in [-0.05, 0) is 75.4 Å². The molecule has 32 heavy (non-hydrogen) atoms. The molecule has 1 saturated heterocycles. The lowest BCUT2D eigenvalue weighted by atomic mass is 10.1. The molecule has 0 unspecified atom stereocenters. The van der Waals surface area contributed by atoms with Gasteiger partial charge < -0.3 is 4.74 Å². The fourth-order valence-corrected chi connectivity index (χ4v) is 4.77. The first-order valence-corrected chi connectivity index (χ1v) is 12.0. The molecule has 3 aromatic rings. The van der Waals surface area contributed by atoms with Crippen LogP contribution >= 0.6 is 27.7 Å². The van der Waals surface area contributed by atoms with Crippen LogP contribution in [-0.2, 0) is 17.8 Å². The number of imide groups is 1. The van der Waals surface area contributed by atoms with E-state index < -0.39 is 0 Å². The first-order chi connectivity index (χ1) is 15.6. The monoisotopic (exact) mass is 507 g/mol. The SMILES string of the molecule is O=C1S/C(=C/c2ccc(OCc3ccccc3)c(Br)c2)C(=O)N1CCCc1ccccc1. The first kappa shape index (κ1) is 22.4. The minimum absolute atomic E-state index is 0.212. The summed E-state index contributed by atoms with van der Waals surface area (Å²) in [6.07, 6.45) is 3.33. The van der Waals surface area contributed by atoms with Gasteiger partial charge in [0.2, 0.25) is 0 Å². The number of rotatable bonds is 8. The molecule has 2 amide bonds. The molecular formula is C26H22BrNO3S. The molecule has 1 aliphatic rings. The van der Waals surface area contributed by atoms with Crippen LogP contribution in [0.5, 0.6) is 5.75 Å². The van der Waals surface area contributed by atoms with Gasteiger partial charge in [0, 0.05) is 6.54 Å². The van der Waals surface area contributed by atoms with Crippen molar-refractivity contribution in [3.05, 3.63) is 105 Å². The Morgan fingerprint density at radius 1 is 0.906 bits per heavy atom. The van der Waals surface area contributed by atoms with Gasteiger partial charge in [-0.15, -0.1) is 0 Å². The van der Waals surface area contributed by atoms with Crippen molar-refractivity contribution in [2.75, 3.05) is 6.54 Å². The number of amides is 2. The Labute approximate surface area is 200 Å². The van der Waals surface area contributed by atoms with Crippen LogP contribution in [0.3, 0.4) is 0 Å². The average Bonchev–Trinajstić information content (AvgIpc) is 3.07. The van der Waals surface area contributed by atoms with E-state index in [2.05, 4.69) is 28.1 Å². The van der Waals surface area contributed by atoms with Crippen molar-refractivity contribution in [2.45, 2.75) is 19.4 Å². The van der Waals surface area contributed by atoms with Crippen LogP contribution in [0.15, 0.2) is 88.2 Å². The lowest BCUT2D eigenvalue weighted by Gasteiger charge is -2.12. The normalized spacial score (nSPS) is 14.9. The van der Waals surface area contributed by atoms with Crippen molar-refractivity contribution in [1.29, 1.82) is 0 Å². The van der Waals surface area contributed by atoms with Gasteiger partial charge in [-0.3, -0.25) is 14.5 Å². The van der Waals surface area contributed by atoms with E-state index >= 15 is 0 Å². The molecule has 1 fully saturated rings. The molecule has 1 heterocycles. The van der Waals surface area contributed by atoms with Gasteiger partial charge in [0.25, 0.3) is 11.1 Å². The van der Waals surface area contributed by atoms with Crippen LogP contribution in [-0.4, -0.2) is 22.6 Å². The highest BCUT2D eigenvalue weighted by atomic mass is 79.9. The van der Waals surface area contributed by atoms with Gasteiger partial charge in [0.05, 0.1) is 9.38 Å². The molecule has 6 heteroatoms. The number of carbonyl (C=O) groups is 2. The van der Waals surface area contributed by atoms with Crippen LogP contribution in [0.4, 0.5) is 4.79 Å². The fraction of sp³-hybridized carbons (Fsp3) is 0.154. The molecule has 0 aromatic heterocycles. The number of carbonyl (C=O) groups excluding carboxylic acids is 2. The lowest BCUT2D eigenvalue weighted by molar-refractivity contribution is -0.122. The fourth-order valence-electron chi connectivity index (χ4n) is 3.39. The van der Waals surface area contributed by atoms with E-state index in [1.54, 1.807) is 6.08 Å². The summed E-state index contributed by atoms with van der Waals surface area (Å²) < 4.78 is 6.68. The van der Waals surface area contributed by atoms with E-state index in [-0.39, 0.29) is 11.1 Å². The summed E-state index contributed by atoms with van der Waals surface area (Å²) in [6, 6.07) is 25.7. The van der Waals surface area contributed by atoms with Crippen LogP contribution in [0.2, 0.25) is 0 Å². The van der Waals surface area contributed by atoms with Gasteiger partial charge in [0.15, 0.2) is 0 Å². The summed E-state index contributed by atoms with van der Waals surface area (Å²) in [5, 5.41) is -0.212. The van der Waals surface area contributed by atoms with Crippen molar-refractivity contribution in [3.63, 3.8) is 0 Å². The predicted octanol–water partition coefficient (Wildman–Crippen LogP) is 6.70. The Balaban J connectivity index is 1.37. The molecule has 0 atom stereocenters. The van der Waals surface area contributed by atoms with Crippen LogP contribution in [0.25, 0.3) is 6.08 Å². The number of aryl methyl sites for hydroxylation is 1. The summed E-state index contributed by atoms with van der Waals surface area (Å²) in [6.45, 7) is 0.896. The number of nitrogens with zero attached hydrogens (tertiary/aromatic N) is 1. The van der Waals surface area contributed by atoms with E-state index in [1.807, 2.05) is 66.7 Å². The largest absolute Gasteiger partial charge is 0.488 e. The Bertz CT molecular complexity index is 1130. The Kier molecular flexibility index (Phi) is 7.45. The van der Waals surface area contributed by atoms with Crippen molar-refractivity contribution >= 4 is 44.9 Å². The molecule has 0 saturated carbocycles. The summed E-state index contributed by atoms with van der Waals surface area (Å²) >= 11 is 4.53. The van der Waals surface area contributed by atoms with Crippen molar-refractivity contribution in [1.82, 2.24) is 4.90 Å². The molecule has 0 aliphatic carbocycles. The molecule has 0 bridgehead atoms. The maximum Gasteiger partial charge on any atom is 0.293 e. The van der Waals surface area contributed by atoms with E-state index in [0.29, 0.717) is 18.1 Å². The van der Waals surface area contributed by atoms with Crippen LogP contribution in [0, 0.1) is 0 Å². The van der Waals surface area contributed by atoms with Crippen molar-refractivity contribution in [2.24, 2.45) is 0 Å². The Morgan fingerprint density at radius 3 is 2.28 bits per heavy atom. The minimum atomic E-state index is -0.228. The predicted molar refractivity (Wildman–Crippen MR) is 132 cm³/mol. The standard InChI is InChI=1S/C26H22BrNO3S/c27-22-16-21(13-14-23(22)31-18-20-10-5-2-6-11-20)17-24-25(29)28(26(30)32-24)15-7-12-19-8-3-1-4-9-19/h1-6,8-11,13-14,16-17H,7,12,15,18H2/b24-17+. The van der Waals surface area contributed by atoms with Crippen molar-refractivity contribution in [3.8, 4) is 5.75 Å². The van der Waals surface area contributed by atoms with Gasteiger partial charge in [0.1, 0.15) is 12.4 Å². The Hall–Kier alpha value is -2.83. The van der Waals surface area contributed by atoms with E-state index in [0.717, 1.165) is 46.0 Å². The van der Waals surface area contributed by atoms with Crippen LogP contribution < -0.4 is 4.74 Å². The molecule has 162 valence electrons. The topological polar surface area (TPSA) is 46.6 Å². The maximum absolute atomic E-state index is 12.8. The summed E-state index contributed by atoms with van der Waals surface area (Å²) in [5.74, 6) is 0.494. The smallest absolute Gasteiger partial charge is 0.293 e.